The topological polar surface area (TPSA) is 21.3 Å². The predicted molar refractivity (Wildman–Crippen MR) is 82.3 cm³/mol. The third-order valence-electron chi connectivity index (χ3n) is 4.13. The predicted octanol–water partition coefficient (Wildman–Crippen LogP) is 3.58. The third kappa shape index (κ3) is 2.56. The van der Waals surface area contributed by atoms with E-state index in [-0.39, 0.29) is 0 Å². The molecular formula is C18H21NO. The summed E-state index contributed by atoms with van der Waals surface area (Å²) in [7, 11) is 1.75. The van der Waals surface area contributed by atoms with E-state index in [0.717, 1.165) is 12.3 Å². The van der Waals surface area contributed by atoms with Crippen molar-refractivity contribution in [1.82, 2.24) is 5.32 Å². The number of benzene rings is 2. The Kier molecular flexibility index (Phi) is 4.03. The average Bonchev–Trinajstić information content (AvgIpc) is 3.03. The van der Waals surface area contributed by atoms with Crippen LogP contribution in [0.4, 0.5) is 0 Å². The molecule has 0 spiro atoms. The van der Waals surface area contributed by atoms with E-state index in [1.165, 1.54) is 24.0 Å². The maximum Gasteiger partial charge on any atom is 0.122 e. The maximum absolute atomic E-state index is 5.58. The van der Waals surface area contributed by atoms with Gasteiger partial charge in [0.15, 0.2) is 0 Å². The van der Waals surface area contributed by atoms with Gasteiger partial charge < -0.3 is 10.1 Å². The van der Waals surface area contributed by atoms with Crippen molar-refractivity contribution >= 4 is 0 Å². The molecule has 0 saturated carbocycles. The highest BCUT2D eigenvalue weighted by Crippen LogP contribution is 2.36. The minimum atomic E-state index is 0.356. The van der Waals surface area contributed by atoms with E-state index in [4.69, 9.17) is 4.74 Å². The van der Waals surface area contributed by atoms with Gasteiger partial charge in [0, 0.05) is 17.5 Å². The molecule has 2 aromatic carbocycles. The van der Waals surface area contributed by atoms with Gasteiger partial charge in [-0.15, -0.1) is 0 Å². The Hall–Kier alpha value is -1.80. The second-order valence-electron chi connectivity index (χ2n) is 5.33. The summed E-state index contributed by atoms with van der Waals surface area (Å²) in [5, 5.41) is 3.65. The molecule has 20 heavy (non-hydrogen) atoms. The van der Waals surface area contributed by atoms with Crippen molar-refractivity contribution in [3.8, 4) is 5.75 Å². The molecule has 1 N–H and O–H groups in total. The minimum Gasteiger partial charge on any atom is -0.496 e. The second-order valence-corrected chi connectivity index (χ2v) is 5.33. The first-order chi connectivity index (χ1) is 9.90. The molecule has 0 bridgehead atoms. The third-order valence-corrected chi connectivity index (χ3v) is 4.13. The molecule has 1 aliphatic rings. The summed E-state index contributed by atoms with van der Waals surface area (Å²) in [6, 6.07) is 19.6. The standard InChI is InChI=1S/C18H21NO/c1-20-17-12-6-5-10-15(17)18(16-11-7-13-19-16)14-8-3-2-4-9-14/h2-6,8-10,12,16,18-19H,7,11,13H2,1H3/t16-,18-/m1/s1. The van der Waals surface area contributed by atoms with Crippen molar-refractivity contribution < 1.29 is 4.74 Å². The summed E-state index contributed by atoms with van der Waals surface area (Å²) in [6.07, 6.45) is 2.47. The Morgan fingerprint density at radius 3 is 2.50 bits per heavy atom. The lowest BCUT2D eigenvalue weighted by Gasteiger charge is -2.26. The van der Waals surface area contributed by atoms with Crippen molar-refractivity contribution in [3.05, 3.63) is 65.7 Å². The Bertz CT molecular complexity index is 546. The summed E-state index contributed by atoms with van der Waals surface area (Å²) >= 11 is 0. The van der Waals surface area contributed by atoms with Gasteiger partial charge >= 0.3 is 0 Å². The van der Waals surface area contributed by atoms with Crippen LogP contribution in [-0.4, -0.2) is 19.7 Å². The van der Waals surface area contributed by atoms with E-state index in [9.17, 15) is 0 Å². The minimum absolute atomic E-state index is 0.356. The number of ether oxygens (including phenoxy) is 1. The van der Waals surface area contributed by atoms with Crippen LogP contribution < -0.4 is 10.1 Å². The summed E-state index contributed by atoms with van der Waals surface area (Å²) in [5.41, 5.74) is 2.64. The maximum atomic E-state index is 5.58. The molecule has 0 unspecified atom stereocenters. The first kappa shape index (κ1) is 13.2. The average molecular weight is 267 g/mol. The summed E-state index contributed by atoms with van der Waals surface area (Å²) < 4.78 is 5.58. The number of hydrogen-bond acceptors (Lipinski definition) is 2. The SMILES string of the molecule is COc1ccccc1[C@@H](c1ccccc1)[C@H]1CCCN1. The van der Waals surface area contributed by atoms with Crippen LogP contribution in [-0.2, 0) is 0 Å². The highest BCUT2D eigenvalue weighted by atomic mass is 16.5. The van der Waals surface area contributed by atoms with Crippen LogP contribution >= 0.6 is 0 Å². The normalized spacial score (nSPS) is 19.8. The van der Waals surface area contributed by atoms with Crippen LogP contribution in [0.5, 0.6) is 5.75 Å². The Morgan fingerprint density at radius 1 is 1.05 bits per heavy atom. The monoisotopic (exact) mass is 267 g/mol. The van der Waals surface area contributed by atoms with Gasteiger partial charge in [-0.1, -0.05) is 48.5 Å². The molecule has 0 radical (unpaired) electrons. The molecule has 0 aliphatic carbocycles. The van der Waals surface area contributed by atoms with E-state index >= 15 is 0 Å². The molecule has 1 fully saturated rings. The fourth-order valence-electron chi connectivity index (χ4n) is 3.21. The molecule has 2 atom stereocenters. The lowest BCUT2D eigenvalue weighted by atomic mass is 9.84. The van der Waals surface area contributed by atoms with Crippen LogP contribution in [0.15, 0.2) is 54.6 Å². The van der Waals surface area contributed by atoms with E-state index < -0.39 is 0 Å². The zero-order valence-corrected chi connectivity index (χ0v) is 11.9. The summed E-state index contributed by atoms with van der Waals surface area (Å²) in [5.74, 6) is 1.34. The van der Waals surface area contributed by atoms with Gasteiger partial charge in [0.2, 0.25) is 0 Å². The van der Waals surface area contributed by atoms with Gasteiger partial charge in [0.25, 0.3) is 0 Å². The van der Waals surface area contributed by atoms with Crippen LogP contribution in [0, 0.1) is 0 Å². The van der Waals surface area contributed by atoms with Crippen molar-refractivity contribution in [1.29, 1.82) is 0 Å². The van der Waals surface area contributed by atoms with Crippen molar-refractivity contribution in [3.63, 3.8) is 0 Å². The highest BCUT2D eigenvalue weighted by molar-refractivity contribution is 5.43. The van der Waals surface area contributed by atoms with Crippen molar-refractivity contribution in [2.45, 2.75) is 24.8 Å². The van der Waals surface area contributed by atoms with E-state index in [0.29, 0.717) is 12.0 Å². The van der Waals surface area contributed by atoms with Crippen LogP contribution in [0.1, 0.15) is 29.9 Å². The molecule has 0 amide bonds. The molecule has 0 aromatic heterocycles. The molecule has 1 heterocycles. The smallest absolute Gasteiger partial charge is 0.122 e. The number of hydrogen-bond donors (Lipinski definition) is 1. The van der Waals surface area contributed by atoms with Gasteiger partial charge in [-0.3, -0.25) is 0 Å². The molecular weight excluding hydrogens is 246 g/mol. The number of methoxy groups -OCH3 is 1. The summed E-state index contributed by atoms with van der Waals surface area (Å²) in [4.78, 5) is 0. The van der Waals surface area contributed by atoms with Crippen LogP contribution in [0.25, 0.3) is 0 Å². The van der Waals surface area contributed by atoms with Gasteiger partial charge in [-0.25, -0.2) is 0 Å². The fourth-order valence-corrected chi connectivity index (χ4v) is 3.21. The van der Waals surface area contributed by atoms with Crippen LogP contribution in [0.2, 0.25) is 0 Å². The zero-order chi connectivity index (χ0) is 13.8. The van der Waals surface area contributed by atoms with Gasteiger partial charge in [-0.2, -0.15) is 0 Å². The van der Waals surface area contributed by atoms with E-state index in [2.05, 4.69) is 53.8 Å². The number of nitrogens with one attached hydrogen (secondary N) is 1. The fraction of sp³-hybridized carbons (Fsp3) is 0.333. The largest absolute Gasteiger partial charge is 0.496 e. The molecule has 1 saturated heterocycles. The Balaban J connectivity index is 2.05. The van der Waals surface area contributed by atoms with Crippen molar-refractivity contribution in [2.24, 2.45) is 0 Å². The summed E-state index contributed by atoms with van der Waals surface area (Å²) in [6.45, 7) is 1.11. The van der Waals surface area contributed by atoms with Crippen molar-refractivity contribution in [2.75, 3.05) is 13.7 Å². The molecule has 2 nitrogen and oxygen atoms in total. The second kappa shape index (κ2) is 6.10. The zero-order valence-electron chi connectivity index (χ0n) is 11.9. The van der Waals surface area contributed by atoms with Gasteiger partial charge in [-0.05, 0) is 31.0 Å². The van der Waals surface area contributed by atoms with Crippen LogP contribution in [0.3, 0.4) is 0 Å². The quantitative estimate of drug-likeness (QED) is 0.914. The van der Waals surface area contributed by atoms with E-state index in [1.807, 2.05) is 6.07 Å². The molecule has 104 valence electrons. The van der Waals surface area contributed by atoms with Gasteiger partial charge in [0.1, 0.15) is 5.75 Å². The lowest BCUT2D eigenvalue weighted by Crippen LogP contribution is -2.29. The lowest BCUT2D eigenvalue weighted by molar-refractivity contribution is 0.402. The van der Waals surface area contributed by atoms with Gasteiger partial charge in [0.05, 0.1) is 7.11 Å². The highest BCUT2D eigenvalue weighted by Gasteiger charge is 2.29. The molecule has 3 rings (SSSR count). The Labute approximate surface area is 120 Å². The first-order valence-electron chi connectivity index (χ1n) is 7.31. The first-order valence-corrected chi connectivity index (χ1v) is 7.31. The number of para-hydroxylation sites is 1. The van der Waals surface area contributed by atoms with E-state index in [1.54, 1.807) is 7.11 Å². The Morgan fingerprint density at radius 2 is 1.80 bits per heavy atom. The molecule has 1 aliphatic heterocycles. The number of rotatable bonds is 4. The molecule has 2 aromatic rings. The molecule has 2 heteroatoms.